The summed E-state index contributed by atoms with van der Waals surface area (Å²) in [4.78, 5) is 0.518. The van der Waals surface area contributed by atoms with Gasteiger partial charge in [0, 0.05) is 5.56 Å². The maximum absolute atomic E-state index is 12.0. The summed E-state index contributed by atoms with van der Waals surface area (Å²) in [6.07, 6.45) is 0.940. The van der Waals surface area contributed by atoms with Gasteiger partial charge < -0.3 is 10.5 Å². The van der Waals surface area contributed by atoms with Crippen molar-refractivity contribution in [2.75, 3.05) is 12.4 Å². The highest BCUT2D eigenvalue weighted by Gasteiger charge is 2.15. The average molecular weight is 301 g/mol. The number of hydrogen-bond donors (Lipinski definition) is 1. The van der Waals surface area contributed by atoms with Crippen molar-refractivity contribution in [2.45, 2.75) is 31.3 Å². The van der Waals surface area contributed by atoms with Gasteiger partial charge in [-0.25, -0.2) is 8.42 Å². The van der Waals surface area contributed by atoms with Crippen LogP contribution in [-0.2, 0) is 14.6 Å². The van der Waals surface area contributed by atoms with E-state index in [9.17, 15) is 8.42 Å². The lowest BCUT2D eigenvalue weighted by atomic mass is 10.2. The monoisotopic (exact) mass is 301 g/mol. The van der Waals surface area contributed by atoms with Crippen molar-refractivity contribution in [3.63, 3.8) is 0 Å². The standard InChI is InChI=1S/C13H19NO3S2/c1-3-10(2)17-8-9-19(15,16)12-6-4-11(5-7-12)13(14)18/h4-7,10H,3,8-9H2,1-2H3,(H2,14,18). The highest BCUT2D eigenvalue weighted by Crippen LogP contribution is 2.13. The van der Waals surface area contributed by atoms with Crippen molar-refractivity contribution >= 4 is 27.0 Å². The van der Waals surface area contributed by atoms with Gasteiger partial charge >= 0.3 is 0 Å². The molecule has 19 heavy (non-hydrogen) atoms. The van der Waals surface area contributed by atoms with Gasteiger partial charge in [0.2, 0.25) is 0 Å². The summed E-state index contributed by atoms with van der Waals surface area (Å²) in [5.74, 6) is -0.0240. The van der Waals surface area contributed by atoms with E-state index in [2.05, 4.69) is 0 Å². The Morgan fingerprint density at radius 2 is 1.95 bits per heavy atom. The van der Waals surface area contributed by atoms with Gasteiger partial charge in [0.05, 0.1) is 23.4 Å². The molecule has 0 amide bonds. The van der Waals surface area contributed by atoms with Gasteiger partial charge in [0.1, 0.15) is 4.99 Å². The SMILES string of the molecule is CCC(C)OCCS(=O)(=O)c1ccc(C(N)=S)cc1. The van der Waals surface area contributed by atoms with Crippen molar-refractivity contribution in [3.8, 4) is 0 Å². The van der Waals surface area contributed by atoms with Crippen LogP contribution in [0.25, 0.3) is 0 Å². The van der Waals surface area contributed by atoms with Gasteiger partial charge in [-0.3, -0.25) is 0 Å². The molecular formula is C13H19NO3S2. The lowest BCUT2D eigenvalue weighted by Gasteiger charge is -2.11. The summed E-state index contributed by atoms with van der Waals surface area (Å²) in [6, 6.07) is 6.27. The summed E-state index contributed by atoms with van der Waals surface area (Å²) >= 11 is 4.82. The highest BCUT2D eigenvalue weighted by atomic mass is 32.2. The fraction of sp³-hybridized carbons (Fsp3) is 0.462. The van der Waals surface area contributed by atoms with Crippen LogP contribution in [0.15, 0.2) is 29.2 Å². The van der Waals surface area contributed by atoms with E-state index in [-0.39, 0.29) is 28.3 Å². The maximum atomic E-state index is 12.0. The number of ether oxygens (including phenoxy) is 1. The lowest BCUT2D eigenvalue weighted by Crippen LogP contribution is -2.17. The molecule has 1 unspecified atom stereocenters. The van der Waals surface area contributed by atoms with Crippen LogP contribution in [0.1, 0.15) is 25.8 Å². The second-order valence-electron chi connectivity index (χ2n) is 4.30. The summed E-state index contributed by atoms with van der Waals surface area (Å²) in [6.45, 7) is 4.12. The number of rotatable bonds is 7. The predicted octanol–water partition coefficient (Wildman–Crippen LogP) is 1.91. The second-order valence-corrected chi connectivity index (χ2v) is 6.85. The quantitative estimate of drug-likeness (QED) is 0.779. The minimum atomic E-state index is -3.32. The minimum absolute atomic E-state index is 0.0240. The van der Waals surface area contributed by atoms with Gasteiger partial charge in [0.25, 0.3) is 0 Å². The van der Waals surface area contributed by atoms with E-state index in [1.54, 1.807) is 12.1 Å². The summed E-state index contributed by atoms with van der Waals surface area (Å²) in [5, 5.41) is 0. The van der Waals surface area contributed by atoms with E-state index in [4.69, 9.17) is 22.7 Å². The molecule has 1 aromatic rings. The van der Waals surface area contributed by atoms with Crippen molar-refractivity contribution in [1.29, 1.82) is 0 Å². The van der Waals surface area contributed by atoms with Crippen LogP contribution in [-0.4, -0.2) is 31.9 Å². The molecule has 0 aliphatic rings. The molecular weight excluding hydrogens is 282 g/mol. The van der Waals surface area contributed by atoms with Gasteiger partial charge in [-0.15, -0.1) is 0 Å². The number of sulfone groups is 1. The Kier molecular flexibility index (Phi) is 5.90. The molecule has 0 aromatic heterocycles. The van der Waals surface area contributed by atoms with Gasteiger partial charge in [-0.2, -0.15) is 0 Å². The summed E-state index contributed by atoms with van der Waals surface area (Å²) in [5.41, 5.74) is 6.12. The topological polar surface area (TPSA) is 69.4 Å². The smallest absolute Gasteiger partial charge is 0.180 e. The molecule has 0 spiro atoms. The maximum Gasteiger partial charge on any atom is 0.180 e. The van der Waals surface area contributed by atoms with Crippen LogP contribution in [0.3, 0.4) is 0 Å². The molecule has 4 nitrogen and oxygen atoms in total. The Morgan fingerprint density at radius 3 is 2.42 bits per heavy atom. The molecule has 2 N–H and O–H groups in total. The first-order valence-electron chi connectivity index (χ1n) is 6.11. The molecule has 0 aliphatic heterocycles. The third-order valence-corrected chi connectivity index (χ3v) is 4.76. The molecule has 6 heteroatoms. The first-order valence-corrected chi connectivity index (χ1v) is 8.17. The van der Waals surface area contributed by atoms with E-state index in [0.29, 0.717) is 5.56 Å². The molecule has 0 saturated carbocycles. The van der Waals surface area contributed by atoms with Crippen molar-refractivity contribution in [3.05, 3.63) is 29.8 Å². The van der Waals surface area contributed by atoms with Crippen LogP contribution in [0.5, 0.6) is 0 Å². The van der Waals surface area contributed by atoms with Crippen molar-refractivity contribution in [1.82, 2.24) is 0 Å². The molecule has 0 bridgehead atoms. The number of benzene rings is 1. The highest BCUT2D eigenvalue weighted by molar-refractivity contribution is 7.91. The van der Waals surface area contributed by atoms with Crippen LogP contribution in [0, 0.1) is 0 Å². The van der Waals surface area contributed by atoms with Crippen molar-refractivity contribution < 1.29 is 13.2 Å². The van der Waals surface area contributed by atoms with Gasteiger partial charge in [-0.05, 0) is 25.5 Å². The summed E-state index contributed by atoms with van der Waals surface area (Å²) < 4.78 is 29.5. The van der Waals surface area contributed by atoms with E-state index >= 15 is 0 Å². The summed E-state index contributed by atoms with van der Waals surface area (Å²) in [7, 11) is -3.32. The zero-order valence-corrected chi connectivity index (χ0v) is 12.8. The molecule has 1 atom stereocenters. The molecule has 1 aromatic carbocycles. The van der Waals surface area contributed by atoms with E-state index in [1.165, 1.54) is 12.1 Å². The molecule has 0 saturated heterocycles. The molecule has 0 heterocycles. The largest absolute Gasteiger partial charge is 0.389 e. The van der Waals surface area contributed by atoms with Gasteiger partial charge in [-0.1, -0.05) is 31.3 Å². The Bertz CT molecular complexity index is 523. The number of thiocarbonyl (C=S) groups is 1. The average Bonchev–Trinajstić information content (AvgIpc) is 2.38. The third kappa shape index (κ3) is 4.89. The molecule has 0 aliphatic carbocycles. The van der Waals surface area contributed by atoms with Crippen LogP contribution in [0.2, 0.25) is 0 Å². The Labute approximate surface area is 119 Å². The van der Waals surface area contributed by atoms with E-state index in [0.717, 1.165) is 6.42 Å². The number of nitrogens with two attached hydrogens (primary N) is 1. The Hall–Kier alpha value is -0.980. The van der Waals surface area contributed by atoms with Crippen LogP contribution < -0.4 is 5.73 Å². The third-order valence-electron chi connectivity index (χ3n) is 2.83. The first-order chi connectivity index (χ1) is 8.86. The normalized spacial score (nSPS) is 13.2. The zero-order valence-electron chi connectivity index (χ0n) is 11.1. The molecule has 106 valence electrons. The molecule has 0 radical (unpaired) electrons. The van der Waals surface area contributed by atoms with Crippen molar-refractivity contribution in [2.24, 2.45) is 5.73 Å². The Morgan fingerprint density at radius 1 is 1.37 bits per heavy atom. The lowest BCUT2D eigenvalue weighted by molar-refractivity contribution is 0.0752. The zero-order chi connectivity index (χ0) is 14.5. The van der Waals surface area contributed by atoms with Gasteiger partial charge in [0.15, 0.2) is 9.84 Å². The van der Waals surface area contributed by atoms with E-state index in [1.807, 2.05) is 13.8 Å². The Balaban J connectivity index is 2.69. The molecule has 0 fully saturated rings. The number of hydrogen-bond acceptors (Lipinski definition) is 4. The second kappa shape index (κ2) is 6.98. The molecule has 1 rings (SSSR count). The minimum Gasteiger partial charge on any atom is -0.389 e. The fourth-order valence-corrected chi connectivity index (χ4v) is 2.66. The fourth-order valence-electron chi connectivity index (χ4n) is 1.42. The predicted molar refractivity (Wildman–Crippen MR) is 80.1 cm³/mol. The van der Waals surface area contributed by atoms with E-state index < -0.39 is 9.84 Å². The van der Waals surface area contributed by atoms with Crippen LogP contribution in [0.4, 0.5) is 0 Å². The van der Waals surface area contributed by atoms with Crippen LogP contribution >= 0.6 is 12.2 Å². The first kappa shape index (κ1) is 16.1.